The molecular formula is C7H6O5P2. The third kappa shape index (κ3) is 2.64. The van der Waals surface area contributed by atoms with E-state index in [0.717, 1.165) is 0 Å². The molecule has 1 aromatic carbocycles. The van der Waals surface area contributed by atoms with E-state index < -0.39 is 23.3 Å². The molecule has 0 radical (unpaired) electrons. The fourth-order valence-corrected chi connectivity index (χ4v) is 1.42. The first kappa shape index (κ1) is 11.4. The zero-order valence-electron chi connectivity index (χ0n) is 6.86. The summed E-state index contributed by atoms with van der Waals surface area (Å²) >= 11 is 0. The van der Waals surface area contributed by atoms with E-state index in [1.165, 1.54) is 12.1 Å². The molecule has 0 aliphatic carbocycles. The average molecular weight is 232 g/mol. The maximum absolute atomic E-state index is 10.2. The summed E-state index contributed by atoms with van der Waals surface area (Å²) in [6.07, 6.45) is 0. The quantitative estimate of drug-likeness (QED) is 0.622. The average Bonchev–Trinajstić information content (AvgIpc) is 2.20. The maximum Gasteiger partial charge on any atom is 0.332 e. The molecular weight excluding hydrogens is 226 g/mol. The number of aliphatic hydroxyl groups is 1. The summed E-state index contributed by atoms with van der Waals surface area (Å²) in [5.74, 6) is -2.26. The molecule has 1 rings (SSSR count). The van der Waals surface area contributed by atoms with Crippen molar-refractivity contribution in [1.29, 1.82) is 0 Å². The molecule has 0 atom stereocenters. The first-order valence-corrected chi connectivity index (χ1v) is 4.98. The normalized spacial score (nSPS) is 15.5. The monoisotopic (exact) mass is 232 g/mol. The van der Waals surface area contributed by atoms with Gasteiger partial charge < -0.3 is 5.11 Å². The van der Waals surface area contributed by atoms with E-state index in [0.29, 0.717) is 0 Å². The van der Waals surface area contributed by atoms with Crippen molar-refractivity contribution in [1.82, 2.24) is 0 Å². The fourth-order valence-electron chi connectivity index (χ4n) is 0.872. The van der Waals surface area contributed by atoms with Gasteiger partial charge in [0.15, 0.2) is 0 Å². The minimum Gasteiger partial charge on any atom is -0.338 e. The minimum atomic E-state index is -2.26. The summed E-state index contributed by atoms with van der Waals surface area (Å²) in [6.45, 7) is 0. The highest BCUT2D eigenvalue weighted by molar-refractivity contribution is 7.18. The Balaban J connectivity index is 2.98. The third-order valence-corrected chi connectivity index (χ3v) is 2.10. The Kier molecular flexibility index (Phi) is 4.26. The van der Waals surface area contributed by atoms with Crippen LogP contribution in [0.5, 0.6) is 0 Å². The molecule has 7 heteroatoms. The Morgan fingerprint density at radius 3 is 2.00 bits per heavy atom. The Labute approximate surface area is 83.2 Å². The second kappa shape index (κ2) is 5.25. The topological polar surface area (TPSA) is 72.8 Å². The van der Waals surface area contributed by atoms with E-state index in [1.54, 1.807) is 18.2 Å². The Morgan fingerprint density at radius 1 is 1.07 bits per heavy atom. The van der Waals surface area contributed by atoms with Gasteiger partial charge in [-0.1, -0.05) is 30.3 Å². The van der Waals surface area contributed by atoms with E-state index in [2.05, 4.69) is 9.05 Å². The highest BCUT2D eigenvalue weighted by Crippen LogP contribution is 2.31. The molecule has 0 spiro atoms. The van der Waals surface area contributed by atoms with Crippen molar-refractivity contribution in [2.45, 2.75) is 5.97 Å². The van der Waals surface area contributed by atoms with Gasteiger partial charge in [0.2, 0.25) is 0 Å². The number of hydrogen-bond acceptors (Lipinski definition) is 5. The van der Waals surface area contributed by atoms with Gasteiger partial charge in [0.1, 0.15) is 0 Å². The molecule has 1 aromatic rings. The van der Waals surface area contributed by atoms with Crippen molar-refractivity contribution in [3.8, 4) is 0 Å². The van der Waals surface area contributed by atoms with Gasteiger partial charge in [-0.25, -0.2) is 18.2 Å². The summed E-state index contributed by atoms with van der Waals surface area (Å²) in [5.41, 5.74) is 0.201. The largest absolute Gasteiger partial charge is 0.338 e. The molecule has 0 amide bonds. The molecule has 0 aliphatic rings. The van der Waals surface area contributed by atoms with Crippen molar-refractivity contribution in [3.63, 3.8) is 0 Å². The molecule has 0 saturated carbocycles. The van der Waals surface area contributed by atoms with Crippen molar-refractivity contribution >= 4 is 17.4 Å². The van der Waals surface area contributed by atoms with Gasteiger partial charge in [-0.3, -0.25) is 0 Å². The molecule has 74 valence electrons. The van der Waals surface area contributed by atoms with Crippen LogP contribution in [0.4, 0.5) is 0 Å². The van der Waals surface area contributed by atoms with Gasteiger partial charge in [-0.2, -0.15) is 0 Å². The van der Waals surface area contributed by atoms with Crippen LogP contribution < -0.4 is 0 Å². The van der Waals surface area contributed by atoms with Crippen LogP contribution in [-0.4, -0.2) is 5.11 Å². The molecule has 0 heterocycles. The number of hydrogen-bond donors (Lipinski definition) is 1. The third-order valence-electron chi connectivity index (χ3n) is 1.46. The molecule has 0 aromatic heterocycles. The first-order valence-electron chi connectivity index (χ1n) is 3.52. The van der Waals surface area contributed by atoms with Crippen LogP contribution in [0.15, 0.2) is 30.3 Å². The van der Waals surface area contributed by atoms with Crippen LogP contribution in [0, 0.1) is 0 Å². The van der Waals surface area contributed by atoms with Crippen LogP contribution in [0.25, 0.3) is 0 Å². The summed E-state index contributed by atoms with van der Waals surface area (Å²) in [6, 6.07) is 7.92. The smallest absolute Gasteiger partial charge is 0.332 e. The van der Waals surface area contributed by atoms with Crippen LogP contribution in [-0.2, 0) is 24.2 Å². The van der Waals surface area contributed by atoms with Gasteiger partial charge in [0.25, 0.3) is 0 Å². The number of rotatable bonds is 5. The minimum absolute atomic E-state index is 0.201. The summed E-state index contributed by atoms with van der Waals surface area (Å²) in [7, 11) is -1.55. The van der Waals surface area contributed by atoms with E-state index in [9.17, 15) is 14.2 Å². The van der Waals surface area contributed by atoms with Crippen LogP contribution in [0.3, 0.4) is 0 Å². The molecule has 0 fully saturated rings. The summed E-state index contributed by atoms with van der Waals surface area (Å²) in [4.78, 5) is 0. The van der Waals surface area contributed by atoms with Gasteiger partial charge in [0, 0.05) is 5.56 Å². The SMILES string of the molecule is O=POC(O)(OP=O)c1ccccc1. The molecule has 1 N–H and O–H groups in total. The maximum atomic E-state index is 10.2. The molecule has 0 unspecified atom stereocenters. The lowest BCUT2D eigenvalue weighted by molar-refractivity contribution is -0.275. The van der Waals surface area contributed by atoms with Crippen LogP contribution in [0.2, 0.25) is 0 Å². The lowest BCUT2D eigenvalue weighted by atomic mass is 10.2. The lowest BCUT2D eigenvalue weighted by Crippen LogP contribution is -2.26. The summed E-state index contributed by atoms with van der Waals surface area (Å²) in [5, 5.41) is 9.62. The molecule has 0 saturated heterocycles. The van der Waals surface area contributed by atoms with E-state index in [4.69, 9.17) is 0 Å². The van der Waals surface area contributed by atoms with Crippen molar-refractivity contribution in [2.75, 3.05) is 0 Å². The van der Waals surface area contributed by atoms with Crippen molar-refractivity contribution in [2.24, 2.45) is 0 Å². The lowest BCUT2D eigenvalue weighted by Gasteiger charge is -2.20. The highest BCUT2D eigenvalue weighted by Gasteiger charge is 2.33. The van der Waals surface area contributed by atoms with E-state index in [-0.39, 0.29) is 5.56 Å². The second-order valence-electron chi connectivity index (χ2n) is 2.28. The van der Waals surface area contributed by atoms with Gasteiger partial charge in [0.05, 0.1) is 0 Å². The van der Waals surface area contributed by atoms with Gasteiger partial charge >= 0.3 is 23.3 Å². The zero-order chi connectivity index (χ0) is 10.4. The van der Waals surface area contributed by atoms with Crippen LogP contribution in [0.1, 0.15) is 5.56 Å². The van der Waals surface area contributed by atoms with Gasteiger partial charge in [-0.15, -0.1) is 0 Å². The fraction of sp³-hybridized carbons (Fsp3) is 0.143. The van der Waals surface area contributed by atoms with Crippen LogP contribution >= 0.6 is 17.4 Å². The second-order valence-corrected chi connectivity index (χ2v) is 2.94. The molecule has 14 heavy (non-hydrogen) atoms. The zero-order valence-corrected chi connectivity index (χ0v) is 8.65. The number of benzene rings is 1. The first-order chi connectivity index (χ1) is 6.73. The Morgan fingerprint density at radius 2 is 1.57 bits per heavy atom. The van der Waals surface area contributed by atoms with Crippen molar-refractivity contribution < 1.29 is 23.3 Å². The molecule has 5 nitrogen and oxygen atoms in total. The van der Waals surface area contributed by atoms with Gasteiger partial charge in [-0.05, 0) is 0 Å². The van der Waals surface area contributed by atoms with E-state index in [1.807, 2.05) is 0 Å². The standard InChI is InChI=1S/C7H6O5P2/c8-7(11-13-9,12-14-10)6-4-2-1-3-5-6/h1-5,8H. The Hall–Kier alpha value is -0.700. The predicted molar refractivity (Wildman–Crippen MR) is 47.7 cm³/mol. The Bertz CT molecular complexity index is 305. The predicted octanol–water partition coefficient (Wildman–Crippen LogP) is 2.24. The molecule has 0 bridgehead atoms. The van der Waals surface area contributed by atoms with E-state index >= 15 is 0 Å². The highest BCUT2D eigenvalue weighted by atomic mass is 31.1. The summed E-state index contributed by atoms with van der Waals surface area (Å²) < 4.78 is 29.2. The molecule has 0 aliphatic heterocycles. The van der Waals surface area contributed by atoms with Crippen molar-refractivity contribution in [3.05, 3.63) is 35.9 Å².